The molecule has 0 fully saturated rings. The van der Waals surface area contributed by atoms with Crippen molar-refractivity contribution in [1.82, 2.24) is 0 Å². The van der Waals surface area contributed by atoms with E-state index in [1.54, 1.807) is 17.8 Å². The maximum absolute atomic E-state index is 11.2. The summed E-state index contributed by atoms with van der Waals surface area (Å²) in [7, 11) is 0. The van der Waals surface area contributed by atoms with Gasteiger partial charge in [-0.1, -0.05) is 18.5 Å². The molecule has 0 amide bonds. The van der Waals surface area contributed by atoms with Crippen LogP contribution in [0.15, 0.2) is 12.1 Å². The number of nitrogens with one attached hydrogen (secondary N) is 1. The highest BCUT2D eigenvalue weighted by atomic mass is 35.5. The fourth-order valence-corrected chi connectivity index (χ4v) is 2.48. The minimum absolute atomic E-state index is 0.105. The van der Waals surface area contributed by atoms with E-state index in [-0.39, 0.29) is 11.6 Å². The van der Waals surface area contributed by atoms with Crippen molar-refractivity contribution in [2.24, 2.45) is 0 Å². The molecule has 0 aliphatic rings. The van der Waals surface area contributed by atoms with Gasteiger partial charge in [-0.3, -0.25) is 0 Å². The van der Waals surface area contributed by atoms with Crippen LogP contribution >= 0.6 is 23.4 Å². The summed E-state index contributed by atoms with van der Waals surface area (Å²) in [6.07, 6.45) is 0. The van der Waals surface area contributed by atoms with Gasteiger partial charge in [0.05, 0.1) is 16.3 Å². The van der Waals surface area contributed by atoms with Gasteiger partial charge in [-0.25, -0.2) is 4.79 Å². The molecule has 0 bridgehead atoms. The van der Waals surface area contributed by atoms with Crippen molar-refractivity contribution in [2.75, 3.05) is 22.6 Å². The van der Waals surface area contributed by atoms with Gasteiger partial charge in [-0.2, -0.15) is 11.8 Å². The summed E-state index contributed by atoms with van der Waals surface area (Å²) in [5.74, 6) is 0.867. The van der Waals surface area contributed by atoms with Crippen LogP contribution in [0, 0.1) is 0 Å². The summed E-state index contributed by atoms with van der Waals surface area (Å²) >= 11 is 7.83. The number of hydrogen-bond acceptors (Lipinski definition) is 4. The highest BCUT2D eigenvalue weighted by Gasteiger charge is 2.16. The predicted octanol–water partition coefficient (Wildman–Crippen LogP) is 3.17. The zero-order valence-electron chi connectivity index (χ0n) is 10.4. The van der Waals surface area contributed by atoms with Crippen LogP contribution in [0.5, 0.6) is 0 Å². The van der Waals surface area contributed by atoms with Gasteiger partial charge >= 0.3 is 5.97 Å². The summed E-state index contributed by atoms with van der Waals surface area (Å²) in [5, 5.41) is 12.6. The predicted molar refractivity (Wildman–Crippen MR) is 78.9 cm³/mol. The Morgan fingerprint density at radius 1 is 1.61 bits per heavy atom. The Morgan fingerprint density at radius 3 is 2.83 bits per heavy atom. The molecule has 0 heterocycles. The number of nitrogen functional groups attached to an aromatic ring is 1. The number of anilines is 2. The maximum Gasteiger partial charge on any atom is 0.337 e. The first kappa shape index (κ1) is 15.0. The zero-order chi connectivity index (χ0) is 13.7. The van der Waals surface area contributed by atoms with Crippen molar-refractivity contribution in [3.63, 3.8) is 0 Å². The van der Waals surface area contributed by atoms with Gasteiger partial charge < -0.3 is 16.2 Å². The molecule has 100 valence electrons. The van der Waals surface area contributed by atoms with Crippen LogP contribution in [0.2, 0.25) is 5.02 Å². The first-order valence-electron chi connectivity index (χ1n) is 5.62. The Labute approximate surface area is 116 Å². The van der Waals surface area contributed by atoms with E-state index in [1.165, 1.54) is 6.07 Å². The van der Waals surface area contributed by atoms with Crippen LogP contribution in [0.25, 0.3) is 0 Å². The van der Waals surface area contributed by atoms with Gasteiger partial charge in [0, 0.05) is 17.5 Å². The highest BCUT2D eigenvalue weighted by molar-refractivity contribution is 7.99. The van der Waals surface area contributed by atoms with E-state index in [4.69, 9.17) is 22.4 Å². The molecule has 0 saturated heterocycles. The van der Waals surface area contributed by atoms with Crippen molar-refractivity contribution in [3.8, 4) is 0 Å². The maximum atomic E-state index is 11.2. The van der Waals surface area contributed by atoms with Crippen LogP contribution in [0.3, 0.4) is 0 Å². The lowest BCUT2D eigenvalue weighted by molar-refractivity contribution is 0.0698. The van der Waals surface area contributed by atoms with Crippen LogP contribution in [0.4, 0.5) is 11.4 Å². The molecule has 0 aromatic heterocycles. The molecule has 0 aliphatic carbocycles. The van der Waals surface area contributed by atoms with Crippen molar-refractivity contribution >= 4 is 40.7 Å². The molecule has 1 atom stereocenters. The van der Waals surface area contributed by atoms with Gasteiger partial charge in [0.2, 0.25) is 0 Å². The Balaban J connectivity index is 2.96. The minimum atomic E-state index is -1.04. The van der Waals surface area contributed by atoms with Crippen LogP contribution in [-0.2, 0) is 0 Å². The first-order valence-corrected chi connectivity index (χ1v) is 7.15. The summed E-state index contributed by atoms with van der Waals surface area (Å²) in [4.78, 5) is 11.2. The van der Waals surface area contributed by atoms with E-state index in [0.29, 0.717) is 16.4 Å². The molecule has 1 rings (SSSR count). The molecule has 18 heavy (non-hydrogen) atoms. The molecule has 1 aromatic carbocycles. The Morgan fingerprint density at radius 2 is 2.28 bits per heavy atom. The topological polar surface area (TPSA) is 75.3 Å². The molecule has 6 heteroatoms. The smallest absolute Gasteiger partial charge is 0.337 e. The van der Waals surface area contributed by atoms with Crippen LogP contribution < -0.4 is 11.1 Å². The average Bonchev–Trinajstić information content (AvgIpc) is 2.29. The standard InChI is InChI=1S/C12H17ClN2O2S/c1-3-18-6-7(2)15-11-9(12(16)17)4-8(14)5-10(11)13/h4-5,7,15H,3,6,14H2,1-2H3,(H,16,17). The van der Waals surface area contributed by atoms with Gasteiger partial charge in [0.15, 0.2) is 0 Å². The van der Waals surface area contributed by atoms with Gasteiger partial charge in [-0.15, -0.1) is 0 Å². The number of rotatable bonds is 6. The molecule has 1 unspecified atom stereocenters. The van der Waals surface area contributed by atoms with E-state index in [9.17, 15) is 4.79 Å². The Kier molecular flexibility index (Phi) is 5.62. The van der Waals surface area contributed by atoms with Crippen molar-refractivity contribution < 1.29 is 9.90 Å². The second-order valence-electron chi connectivity index (χ2n) is 3.94. The molecular weight excluding hydrogens is 272 g/mol. The fourth-order valence-electron chi connectivity index (χ4n) is 1.53. The van der Waals surface area contributed by atoms with Crippen molar-refractivity contribution in [1.29, 1.82) is 0 Å². The summed E-state index contributed by atoms with van der Waals surface area (Å²) in [6, 6.07) is 3.10. The van der Waals surface area contributed by atoms with Gasteiger partial charge in [0.1, 0.15) is 0 Å². The molecule has 4 N–H and O–H groups in total. The fraction of sp³-hybridized carbons (Fsp3) is 0.417. The number of benzene rings is 1. The molecular formula is C12H17ClN2O2S. The zero-order valence-corrected chi connectivity index (χ0v) is 11.9. The third kappa shape index (κ3) is 3.99. The largest absolute Gasteiger partial charge is 0.478 e. The summed E-state index contributed by atoms with van der Waals surface area (Å²) < 4.78 is 0. The monoisotopic (exact) mass is 288 g/mol. The number of hydrogen-bond donors (Lipinski definition) is 3. The second-order valence-corrected chi connectivity index (χ2v) is 5.66. The van der Waals surface area contributed by atoms with Crippen molar-refractivity contribution in [2.45, 2.75) is 19.9 Å². The third-order valence-corrected chi connectivity index (χ3v) is 3.75. The quantitative estimate of drug-likeness (QED) is 0.701. The summed E-state index contributed by atoms with van der Waals surface area (Å²) in [5.41, 5.74) is 6.48. The molecule has 1 aromatic rings. The number of aromatic carboxylic acids is 1. The van der Waals surface area contributed by atoms with Gasteiger partial charge in [-0.05, 0) is 24.8 Å². The van der Waals surface area contributed by atoms with E-state index >= 15 is 0 Å². The Hall–Kier alpha value is -1.07. The lowest BCUT2D eigenvalue weighted by Crippen LogP contribution is -2.20. The molecule has 4 nitrogen and oxygen atoms in total. The summed E-state index contributed by atoms with van der Waals surface area (Å²) in [6.45, 7) is 4.07. The van der Waals surface area contributed by atoms with Crippen LogP contribution in [-0.4, -0.2) is 28.6 Å². The minimum Gasteiger partial charge on any atom is -0.478 e. The number of carboxylic acids is 1. The van der Waals surface area contributed by atoms with Crippen molar-refractivity contribution in [3.05, 3.63) is 22.7 Å². The molecule has 0 saturated carbocycles. The SMILES string of the molecule is CCSCC(C)Nc1c(Cl)cc(N)cc1C(=O)O. The average molecular weight is 289 g/mol. The first-order chi connectivity index (χ1) is 8.45. The number of halogens is 1. The normalized spacial score (nSPS) is 12.2. The van der Waals surface area contributed by atoms with Crippen LogP contribution in [0.1, 0.15) is 24.2 Å². The number of thioether (sulfide) groups is 1. The third-order valence-electron chi connectivity index (χ3n) is 2.31. The lowest BCUT2D eigenvalue weighted by Gasteiger charge is -2.18. The molecule has 0 spiro atoms. The Bertz CT molecular complexity index is 440. The lowest BCUT2D eigenvalue weighted by atomic mass is 10.1. The number of carbonyl (C=O) groups is 1. The second kappa shape index (κ2) is 6.75. The molecule has 0 aliphatic heterocycles. The van der Waals surface area contributed by atoms with E-state index in [0.717, 1.165) is 11.5 Å². The van der Waals surface area contributed by atoms with E-state index in [2.05, 4.69) is 12.2 Å². The van der Waals surface area contributed by atoms with E-state index < -0.39 is 5.97 Å². The number of nitrogens with two attached hydrogens (primary N) is 1. The van der Waals surface area contributed by atoms with E-state index in [1.807, 2.05) is 6.92 Å². The van der Waals surface area contributed by atoms with Gasteiger partial charge in [0.25, 0.3) is 0 Å². The highest BCUT2D eigenvalue weighted by Crippen LogP contribution is 2.30. The molecule has 0 radical (unpaired) electrons. The number of carboxylic acid groups (broad SMARTS) is 1.